The number of halogens is 1. The molecule has 5 heteroatoms. The van der Waals surface area contributed by atoms with Crippen LogP contribution in [0.1, 0.15) is 45.2 Å². The van der Waals surface area contributed by atoms with Crippen LogP contribution in [0, 0.1) is 0 Å². The van der Waals surface area contributed by atoms with Crippen LogP contribution in [0.3, 0.4) is 0 Å². The van der Waals surface area contributed by atoms with Crippen LogP contribution < -0.4 is 9.47 Å². The number of aliphatic carboxylic acids is 1. The van der Waals surface area contributed by atoms with Gasteiger partial charge in [-0.2, -0.15) is 0 Å². The minimum absolute atomic E-state index is 0.0609. The largest absolute Gasteiger partial charge is 0.493 e. The summed E-state index contributed by atoms with van der Waals surface area (Å²) in [4.78, 5) is 11.0. The van der Waals surface area contributed by atoms with Gasteiger partial charge in [-0.25, -0.2) is 4.39 Å². The van der Waals surface area contributed by atoms with Gasteiger partial charge >= 0.3 is 5.97 Å². The molecule has 118 valence electrons. The summed E-state index contributed by atoms with van der Waals surface area (Å²) in [5, 5.41) is 9.04. The Labute approximate surface area is 124 Å². The summed E-state index contributed by atoms with van der Waals surface area (Å²) in [5.41, 5.74) is -1.24. The first-order valence-electron chi connectivity index (χ1n) is 6.70. The van der Waals surface area contributed by atoms with Crippen LogP contribution in [0.25, 0.3) is 0 Å². The maximum absolute atomic E-state index is 14.5. The first-order valence-corrected chi connectivity index (χ1v) is 6.70. The lowest BCUT2D eigenvalue weighted by atomic mass is 9.79. The van der Waals surface area contributed by atoms with E-state index in [1.54, 1.807) is 26.0 Å². The number of carboxylic acids is 1. The lowest BCUT2D eigenvalue weighted by molar-refractivity contribution is -0.138. The summed E-state index contributed by atoms with van der Waals surface area (Å²) in [5.74, 6) is -0.176. The van der Waals surface area contributed by atoms with E-state index < -0.39 is 17.1 Å². The Morgan fingerprint density at radius 1 is 1.19 bits per heavy atom. The Kier molecular flexibility index (Phi) is 4.87. The van der Waals surface area contributed by atoms with E-state index >= 15 is 0 Å². The van der Waals surface area contributed by atoms with Gasteiger partial charge in [-0.05, 0) is 31.5 Å². The average Bonchev–Trinajstić information content (AvgIpc) is 2.34. The second-order valence-corrected chi connectivity index (χ2v) is 6.19. The van der Waals surface area contributed by atoms with Crippen LogP contribution in [-0.4, -0.2) is 25.3 Å². The highest BCUT2D eigenvalue weighted by atomic mass is 19.1. The minimum atomic E-state index is -1.63. The van der Waals surface area contributed by atoms with Gasteiger partial charge in [0.15, 0.2) is 11.5 Å². The number of carboxylic acid groups (broad SMARTS) is 1. The molecule has 0 unspecified atom stereocenters. The highest BCUT2D eigenvalue weighted by Crippen LogP contribution is 2.43. The molecule has 1 N–H and O–H groups in total. The van der Waals surface area contributed by atoms with Gasteiger partial charge in [0.25, 0.3) is 0 Å². The van der Waals surface area contributed by atoms with E-state index in [1.807, 2.05) is 0 Å². The Morgan fingerprint density at radius 2 is 1.76 bits per heavy atom. The molecule has 0 spiro atoms. The van der Waals surface area contributed by atoms with Gasteiger partial charge in [-0.1, -0.05) is 13.8 Å². The predicted octanol–water partition coefficient (Wildman–Crippen LogP) is 3.66. The summed E-state index contributed by atoms with van der Waals surface area (Å²) in [6.45, 7) is 6.46. The summed E-state index contributed by atoms with van der Waals surface area (Å²) in [6.07, 6.45) is -0.0609. The SMILES string of the molecule is COc1cc(C(C)(C)CC(=O)O)cc(C(C)(C)F)c1OC. The van der Waals surface area contributed by atoms with Crippen molar-refractivity contribution in [2.45, 2.75) is 45.2 Å². The van der Waals surface area contributed by atoms with Gasteiger partial charge in [0, 0.05) is 11.0 Å². The molecule has 0 saturated carbocycles. The molecule has 4 nitrogen and oxygen atoms in total. The maximum atomic E-state index is 14.5. The number of alkyl halides is 1. The fraction of sp³-hybridized carbons (Fsp3) is 0.562. The van der Waals surface area contributed by atoms with E-state index in [1.165, 1.54) is 28.1 Å². The third-order valence-electron chi connectivity index (χ3n) is 3.49. The smallest absolute Gasteiger partial charge is 0.304 e. The van der Waals surface area contributed by atoms with Crippen molar-refractivity contribution >= 4 is 5.97 Å². The molecule has 0 aliphatic carbocycles. The zero-order chi connectivity index (χ0) is 16.4. The van der Waals surface area contributed by atoms with E-state index in [-0.39, 0.29) is 6.42 Å². The zero-order valence-electron chi connectivity index (χ0n) is 13.4. The van der Waals surface area contributed by atoms with Crippen molar-refractivity contribution in [2.75, 3.05) is 14.2 Å². The van der Waals surface area contributed by atoms with E-state index in [0.717, 1.165) is 0 Å². The van der Waals surface area contributed by atoms with Crippen LogP contribution in [0.5, 0.6) is 11.5 Å². The molecule has 0 amide bonds. The first kappa shape index (κ1) is 17.3. The van der Waals surface area contributed by atoms with Gasteiger partial charge in [0.05, 0.1) is 20.6 Å². The molecule has 0 saturated heterocycles. The number of benzene rings is 1. The lowest BCUT2D eigenvalue weighted by Crippen LogP contribution is -2.23. The van der Waals surface area contributed by atoms with Crippen molar-refractivity contribution in [1.29, 1.82) is 0 Å². The van der Waals surface area contributed by atoms with Crippen molar-refractivity contribution in [3.8, 4) is 11.5 Å². The molecule has 21 heavy (non-hydrogen) atoms. The second kappa shape index (κ2) is 5.92. The minimum Gasteiger partial charge on any atom is -0.493 e. The van der Waals surface area contributed by atoms with Gasteiger partial charge in [0.2, 0.25) is 0 Å². The lowest BCUT2D eigenvalue weighted by Gasteiger charge is -2.28. The maximum Gasteiger partial charge on any atom is 0.304 e. The van der Waals surface area contributed by atoms with Crippen LogP contribution in [0.15, 0.2) is 12.1 Å². The molecule has 1 rings (SSSR count). The molecule has 0 heterocycles. The molecule has 1 aromatic carbocycles. The topological polar surface area (TPSA) is 55.8 Å². The average molecular weight is 298 g/mol. The Balaban J connectivity index is 3.53. The molecule has 0 radical (unpaired) electrons. The summed E-state index contributed by atoms with van der Waals surface area (Å²) >= 11 is 0. The summed E-state index contributed by atoms with van der Waals surface area (Å²) < 4.78 is 25.0. The van der Waals surface area contributed by atoms with Crippen molar-refractivity contribution < 1.29 is 23.8 Å². The number of ether oxygens (including phenoxy) is 2. The number of hydrogen-bond acceptors (Lipinski definition) is 3. The second-order valence-electron chi connectivity index (χ2n) is 6.19. The van der Waals surface area contributed by atoms with Crippen molar-refractivity contribution in [3.05, 3.63) is 23.3 Å². The fourth-order valence-corrected chi connectivity index (χ4v) is 2.28. The Morgan fingerprint density at radius 3 is 2.14 bits per heavy atom. The van der Waals surface area contributed by atoms with Crippen LogP contribution in [0.4, 0.5) is 4.39 Å². The predicted molar refractivity (Wildman–Crippen MR) is 79.0 cm³/mol. The third-order valence-corrected chi connectivity index (χ3v) is 3.49. The highest BCUT2D eigenvalue weighted by Gasteiger charge is 2.31. The highest BCUT2D eigenvalue weighted by molar-refractivity contribution is 5.69. The molecular weight excluding hydrogens is 275 g/mol. The molecular formula is C16H23FO4. The quantitative estimate of drug-likeness (QED) is 0.870. The van der Waals surface area contributed by atoms with Crippen molar-refractivity contribution in [2.24, 2.45) is 0 Å². The first-order chi connectivity index (χ1) is 9.52. The van der Waals surface area contributed by atoms with E-state index in [9.17, 15) is 9.18 Å². The summed E-state index contributed by atoms with van der Waals surface area (Å²) in [7, 11) is 2.93. The molecule has 0 aliphatic rings. The van der Waals surface area contributed by atoms with Gasteiger partial charge in [-0.3, -0.25) is 4.79 Å². The van der Waals surface area contributed by atoms with Gasteiger partial charge < -0.3 is 14.6 Å². The van der Waals surface area contributed by atoms with Gasteiger partial charge in [-0.15, -0.1) is 0 Å². The standard InChI is InChI=1S/C16H23FO4/c1-15(2,9-13(18)19)10-7-11(16(3,4)17)14(21-6)12(8-10)20-5/h7-8H,9H2,1-6H3,(H,18,19). The third kappa shape index (κ3) is 3.86. The van der Waals surface area contributed by atoms with E-state index in [0.29, 0.717) is 22.6 Å². The monoisotopic (exact) mass is 298 g/mol. The Hall–Kier alpha value is -1.78. The van der Waals surface area contributed by atoms with E-state index in [4.69, 9.17) is 14.6 Å². The Bertz CT molecular complexity index is 530. The molecule has 0 atom stereocenters. The van der Waals surface area contributed by atoms with E-state index in [2.05, 4.69) is 0 Å². The number of rotatable bonds is 6. The normalized spacial score (nSPS) is 12.1. The summed E-state index contributed by atoms with van der Waals surface area (Å²) in [6, 6.07) is 3.36. The zero-order valence-corrected chi connectivity index (χ0v) is 13.4. The molecule has 1 aromatic rings. The number of carbonyl (C=O) groups is 1. The van der Waals surface area contributed by atoms with Crippen molar-refractivity contribution in [3.63, 3.8) is 0 Å². The van der Waals surface area contributed by atoms with Crippen LogP contribution >= 0.6 is 0 Å². The van der Waals surface area contributed by atoms with Gasteiger partial charge in [0.1, 0.15) is 5.67 Å². The molecule has 0 aliphatic heterocycles. The fourth-order valence-electron chi connectivity index (χ4n) is 2.28. The van der Waals surface area contributed by atoms with Crippen LogP contribution in [0.2, 0.25) is 0 Å². The van der Waals surface area contributed by atoms with Crippen molar-refractivity contribution in [1.82, 2.24) is 0 Å². The number of methoxy groups -OCH3 is 2. The molecule has 0 aromatic heterocycles. The van der Waals surface area contributed by atoms with Crippen LogP contribution in [-0.2, 0) is 15.9 Å². The molecule has 0 fully saturated rings. The number of hydrogen-bond donors (Lipinski definition) is 1. The molecule has 0 bridgehead atoms.